The minimum absolute atomic E-state index is 0.00980. The third kappa shape index (κ3) is 7.03. The van der Waals surface area contributed by atoms with Crippen LogP contribution in [0.1, 0.15) is 25.7 Å². The van der Waals surface area contributed by atoms with Crippen molar-refractivity contribution < 1.29 is 27.4 Å². The lowest BCUT2D eigenvalue weighted by molar-refractivity contribution is -0.186. The van der Waals surface area contributed by atoms with Crippen molar-refractivity contribution in [1.82, 2.24) is 0 Å². The standard InChI is InChI=1S/C10H17F3O3/c11-10(12,13)4-1-5-14-8-3-9-15-6-2-7-16-9/h9H,1-8H2. The highest BCUT2D eigenvalue weighted by Gasteiger charge is 2.25. The number of rotatable bonds is 6. The van der Waals surface area contributed by atoms with E-state index in [-0.39, 0.29) is 19.3 Å². The number of alkyl halides is 3. The highest BCUT2D eigenvalue weighted by Crippen LogP contribution is 2.21. The van der Waals surface area contributed by atoms with Gasteiger partial charge in [-0.15, -0.1) is 0 Å². The van der Waals surface area contributed by atoms with Gasteiger partial charge in [0.2, 0.25) is 0 Å². The fourth-order valence-corrected chi connectivity index (χ4v) is 1.36. The zero-order valence-corrected chi connectivity index (χ0v) is 9.09. The van der Waals surface area contributed by atoms with Crippen LogP contribution in [-0.4, -0.2) is 38.9 Å². The Morgan fingerprint density at radius 2 is 1.81 bits per heavy atom. The first kappa shape index (κ1) is 13.7. The van der Waals surface area contributed by atoms with Gasteiger partial charge in [-0.25, -0.2) is 0 Å². The maximum absolute atomic E-state index is 11.8. The van der Waals surface area contributed by atoms with Crippen LogP contribution in [0.5, 0.6) is 0 Å². The van der Waals surface area contributed by atoms with Crippen LogP contribution in [0, 0.1) is 0 Å². The summed E-state index contributed by atoms with van der Waals surface area (Å²) in [6, 6.07) is 0. The van der Waals surface area contributed by atoms with Crippen LogP contribution in [-0.2, 0) is 14.2 Å². The second kappa shape index (κ2) is 7.09. The Kier molecular flexibility index (Phi) is 6.08. The van der Waals surface area contributed by atoms with Crippen LogP contribution >= 0.6 is 0 Å². The summed E-state index contributed by atoms with van der Waals surface area (Å²) in [5.41, 5.74) is 0. The molecule has 0 amide bonds. The fraction of sp³-hybridized carbons (Fsp3) is 1.00. The molecule has 1 saturated heterocycles. The normalized spacial score (nSPS) is 18.9. The maximum atomic E-state index is 11.8. The molecule has 0 radical (unpaired) electrons. The highest BCUT2D eigenvalue weighted by atomic mass is 19.4. The molecule has 0 spiro atoms. The van der Waals surface area contributed by atoms with Gasteiger partial charge >= 0.3 is 6.18 Å². The molecule has 3 nitrogen and oxygen atoms in total. The first-order valence-corrected chi connectivity index (χ1v) is 5.45. The van der Waals surface area contributed by atoms with Crippen LogP contribution in [0.3, 0.4) is 0 Å². The Balaban J connectivity index is 1.87. The van der Waals surface area contributed by atoms with Gasteiger partial charge in [-0.1, -0.05) is 0 Å². The minimum Gasteiger partial charge on any atom is -0.381 e. The van der Waals surface area contributed by atoms with Crippen LogP contribution in [0.2, 0.25) is 0 Å². The number of ether oxygens (including phenoxy) is 3. The van der Waals surface area contributed by atoms with Crippen LogP contribution in [0.4, 0.5) is 13.2 Å². The minimum atomic E-state index is -4.08. The zero-order chi connectivity index (χ0) is 11.9. The lowest BCUT2D eigenvalue weighted by Gasteiger charge is -2.22. The van der Waals surface area contributed by atoms with Crippen LogP contribution in [0.15, 0.2) is 0 Å². The largest absolute Gasteiger partial charge is 0.389 e. The maximum Gasteiger partial charge on any atom is 0.389 e. The molecule has 16 heavy (non-hydrogen) atoms. The molecule has 0 N–H and O–H groups in total. The summed E-state index contributed by atoms with van der Waals surface area (Å²) in [6.45, 7) is 1.87. The average molecular weight is 242 g/mol. The molecule has 0 aliphatic carbocycles. The van der Waals surface area contributed by atoms with Gasteiger partial charge in [0.25, 0.3) is 0 Å². The van der Waals surface area contributed by atoms with E-state index in [1.165, 1.54) is 0 Å². The molecule has 1 rings (SSSR count). The van der Waals surface area contributed by atoms with Crippen molar-refractivity contribution in [2.75, 3.05) is 26.4 Å². The number of halogens is 3. The van der Waals surface area contributed by atoms with E-state index in [1.807, 2.05) is 0 Å². The van der Waals surface area contributed by atoms with Crippen molar-refractivity contribution in [3.63, 3.8) is 0 Å². The van der Waals surface area contributed by atoms with E-state index in [4.69, 9.17) is 14.2 Å². The monoisotopic (exact) mass is 242 g/mol. The average Bonchev–Trinajstić information content (AvgIpc) is 2.23. The summed E-state index contributed by atoms with van der Waals surface area (Å²) < 4.78 is 50.9. The SMILES string of the molecule is FC(F)(F)CCCOCCC1OCCCO1. The quantitative estimate of drug-likeness (QED) is 0.670. The van der Waals surface area contributed by atoms with Gasteiger partial charge in [-0.3, -0.25) is 0 Å². The lowest BCUT2D eigenvalue weighted by Crippen LogP contribution is -2.26. The van der Waals surface area contributed by atoms with Crippen molar-refractivity contribution in [1.29, 1.82) is 0 Å². The molecule has 1 heterocycles. The predicted molar refractivity (Wildman–Crippen MR) is 51.0 cm³/mol. The van der Waals surface area contributed by atoms with Crippen molar-refractivity contribution in [2.45, 2.75) is 38.1 Å². The van der Waals surface area contributed by atoms with E-state index in [2.05, 4.69) is 0 Å². The Bertz CT molecular complexity index is 179. The molecule has 0 saturated carbocycles. The fourth-order valence-electron chi connectivity index (χ4n) is 1.36. The van der Waals surface area contributed by atoms with Gasteiger partial charge in [0.05, 0.1) is 19.8 Å². The third-order valence-electron chi connectivity index (χ3n) is 2.14. The summed E-state index contributed by atoms with van der Waals surface area (Å²) in [4.78, 5) is 0. The number of hydrogen-bond donors (Lipinski definition) is 0. The summed E-state index contributed by atoms with van der Waals surface area (Å²) in [7, 11) is 0. The summed E-state index contributed by atoms with van der Waals surface area (Å²) in [5, 5.41) is 0. The zero-order valence-electron chi connectivity index (χ0n) is 9.09. The highest BCUT2D eigenvalue weighted by molar-refractivity contribution is 4.52. The van der Waals surface area contributed by atoms with Gasteiger partial charge < -0.3 is 14.2 Å². The van der Waals surface area contributed by atoms with E-state index in [9.17, 15) is 13.2 Å². The molecule has 0 unspecified atom stereocenters. The van der Waals surface area contributed by atoms with Gasteiger partial charge in [0, 0.05) is 19.4 Å². The molecule has 0 aromatic heterocycles. The molecule has 0 aromatic carbocycles. The van der Waals surface area contributed by atoms with Gasteiger partial charge in [0.1, 0.15) is 0 Å². The molecule has 1 fully saturated rings. The Morgan fingerprint density at radius 3 is 2.44 bits per heavy atom. The molecule has 6 heteroatoms. The molecule has 1 aliphatic heterocycles. The second-order valence-electron chi connectivity index (χ2n) is 3.64. The third-order valence-corrected chi connectivity index (χ3v) is 2.14. The lowest BCUT2D eigenvalue weighted by atomic mass is 10.3. The Hall–Kier alpha value is -0.330. The summed E-state index contributed by atoms with van der Waals surface area (Å²) in [5.74, 6) is 0. The van der Waals surface area contributed by atoms with E-state index in [1.54, 1.807) is 0 Å². The van der Waals surface area contributed by atoms with Crippen LogP contribution < -0.4 is 0 Å². The smallest absolute Gasteiger partial charge is 0.381 e. The molecule has 96 valence electrons. The molecular formula is C10H17F3O3. The molecule has 0 bridgehead atoms. The molecule has 1 aliphatic rings. The van der Waals surface area contributed by atoms with Gasteiger partial charge in [-0.05, 0) is 12.8 Å². The molecule has 0 aromatic rings. The van der Waals surface area contributed by atoms with Crippen molar-refractivity contribution in [2.24, 2.45) is 0 Å². The number of hydrogen-bond acceptors (Lipinski definition) is 3. The van der Waals surface area contributed by atoms with Gasteiger partial charge in [0.15, 0.2) is 6.29 Å². The van der Waals surface area contributed by atoms with E-state index in [0.717, 1.165) is 6.42 Å². The topological polar surface area (TPSA) is 27.7 Å². The van der Waals surface area contributed by atoms with Crippen molar-refractivity contribution in [3.8, 4) is 0 Å². The van der Waals surface area contributed by atoms with E-state index < -0.39 is 12.6 Å². The molecule has 0 atom stereocenters. The van der Waals surface area contributed by atoms with Crippen LogP contribution in [0.25, 0.3) is 0 Å². The first-order chi connectivity index (χ1) is 7.58. The summed E-state index contributed by atoms with van der Waals surface area (Å²) in [6.07, 6.45) is -3.65. The second-order valence-corrected chi connectivity index (χ2v) is 3.64. The Labute approximate surface area is 92.9 Å². The summed E-state index contributed by atoms with van der Waals surface area (Å²) >= 11 is 0. The first-order valence-electron chi connectivity index (χ1n) is 5.45. The van der Waals surface area contributed by atoms with E-state index >= 15 is 0 Å². The van der Waals surface area contributed by atoms with Crippen molar-refractivity contribution in [3.05, 3.63) is 0 Å². The predicted octanol–water partition coefficient (Wildman–Crippen LogP) is 2.50. The van der Waals surface area contributed by atoms with Gasteiger partial charge in [-0.2, -0.15) is 13.2 Å². The van der Waals surface area contributed by atoms with E-state index in [0.29, 0.717) is 26.2 Å². The molecular weight excluding hydrogens is 225 g/mol. The van der Waals surface area contributed by atoms with Crippen molar-refractivity contribution >= 4 is 0 Å². The Morgan fingerprint density at radius 1 is 1.12 bits per heavy atom.